The van der Waals surface area contributed by atoms with Gasteiger partial charge < -0.3 is 13.8 Å². The Morgan fingerprint density at radius 1 is 1.29 bits per heavy atom. The molecule has 2 fully saturated rings. The Bertz CT molecular complexity index is 557. The van der Waals surface area contributed by atoms with Crippen LogP contribution in [0.25, 0.3) is 0 Å². The van der Waals surface area contributed by atoms with Crippen molar-refractivity contribution in [2.75, 3.05) is 26.5 Å². The molecule has 1 aromatic carbocycles. The summed E-state index contributed by atoms with van der Waals surface area (Å²) in [5, 5.41) is 0. The van der Waals surface area contributed by atoms with Gasteiger partial charge in [-0.3, -0.25) is 4.90 Å². The first-order valence-electron chi connectivity index (χ1n) is 7.04. The molecule has 114 valence electrons. The summed E-state index contributed by atoms with van der Waals surface area (Å²) in [6, 6.07) is 10.8. The molecule has 0 aromatic heterocycles. The van der Waals surface area contributed by atoms with Gasteiger partial charge in [-0.15, -0.1) is 0 Å². The summed E-state index contributed by atoms with van der Waals surface area (Å²) in [6.07, 6.45) is 0.985. The fourth-order valence-corrected chi connectivity index (χ4v) is 4.30. The van der Waals surface area contributed by atoms with Crippen molar-refractivity contribution in [3.63, 3.8) is 0 Å². The molecule has 0 spiro atoms. The van der Waals surface area contributed by atoms with Crippen LogP contribution in [0.4, 0.5) is 0 Å². The lowest BCUT2D eigenvalue weighted by Gasteiger charge is -2.21. The molecule has 0 aliphatic carbocycles. The Labute approximate surface area is 130 Å². The predicted octanol–water partition coefficient (Wildman–Crippen LogP) is 2.58. The normalized spacial score (nSPS) is 25.1. The molecule has 2 saturated heterocycles. The van der Waals surface area contributed by atoms with Crippen molar-refractivity contribution in [2.45, 2.75) is 19.4 Å². The van der Waals surface area contributed by atoms with E-state index in [4.69, 9.17) is 25.6 Å². The van der Waals surface area contributed by atoms with Crippen LogP contribution in [0, 0.1) is 0 Å². The second kappa shape index (κ2) is 6.55. The summed E-state index contributed by atoms with van der Waals surface area (Å²) in [5.74, 6) is 0.639. The Kier molecular flexibility index (Phi) is 4.72. The highest BCUT2D eigenvalue weighted by Crippen LogP contribution is 2.54. The smallest absolute Gasteiger partial charge is 0.312 e. The van der Waals surface area contributed by atoms with Crippen LogP contribution in [0.2, 0.25) is 0 Å². The Hall–Kier alpha value is -0.780. The molecule has 1 aromatic rings. The Morgan fingerprint density at radius 3 is 2.71 bits per heavy atom. The molecule has 0 saturated carbocycles. The first kappa shape index (κ1) is 15.1. The summed E-state index contributed by atoms with van der Waals surface area (Å²) >= 11 is 5.29. The fraction of sp³-hybridized carbons (Fsp3) is 0.500. The summed E-state index contributed by atoms with van der Waals surface area (Å²) in [4.78, 5) is 2.24. The molecule has 5 nitrogen and oxygen atoms in total. The molecule has 0 unspecified atom stereocenters. The topological polar surface area (TPSA) is 43.3 Å². The lowest BCUT2D eigenvalue weighted by Crippen LogP contribution is -2.32. The summed E-state index contributed by atoms with van der Waals surface area (Å²) in [6.45, 7) is 1.99. The minimum Gasteiger partial charge on any atom is -0.464 e. The van der Waals surface area contributed by atoms with Gasteiger partial charge in [-0.1, -0.05) is 30.3 Å². The number of hydrogen-bond acceptors (Lipinski definition) is 5. The van der Waals surface area contributed by atoms with E-state index in [-0.39, 0.29) is 0 Å². The number of benzene rings is 1. The molecule has 21 heavy (non-hydrogen) atoms. The van der Waals surface area contributed by atoms with Gasteiger partial charge in [0.1, 0.15) is 6.73 Å². The van der Waals surface area contributed by atoms with E-state index >= 15 is 0 Å². The van der Waals surface area contributed by atoms with Crippen molar-refractivity contribution in [2.24, 2.45) is 4.76 Å². The van der Waals surface area contributed by atoms with E-state index < -0.39 is 6.64 Å². The number of hydrogen-bond donors (Lipinski definition) is 0. The van der Waals surface area contributed by atoms with E-state index in [9.17, 15) is 0 Å². The molecule has 2 heterocycles. The molecule has 2 aliphatic rings. The maximum Gasteiger partial charge on any atom is 0.312 e. The van der Waals surface area contributed by atoms with Crippen molar-refractivity contribution in [3.8, 4) is 0 Å². The van der Waals surface area contributed by atoms with Crippen molar-refractivity contribution in [1.29, 1.82) is 0 Å². The molecule has 0 bridgehead atoms. The Balaban J connectivity index is 1.59. The van der Waals surface area contributed by atoms with Crippen molar-refractivity contribution in [1.82, 2.24) is 4.90 Å². The molecule has 0 N–H and O–H groups in total. The van der Waals surface area contributed by atoms with E-state index in [1.807, 2.05) is 6.07 Å². The van der Waals surface area contributed by atoms with Gasteiger partial charge in [-0.25, -0.2) is 0 Å². The molecule has 1 atom stereocenters. The highest BCUT2D eigenvalue weighted by molar-refractivity contribution is 8.09. The quantitative estimate of drug-likeness (QED) is 0.796. The highest BCUT2D eigenvalue weighted by atomic mass is 32.5. The number of nitrogens with zero attached hydrogens (tertiary/aromatic N) is 2. The summed E-state index contributed by atoms with van der Waals surface area (Å²) in [7, 11) is 0. The van der Waals surface area contributed by atoms with Crippen LogP contribution < -0.4 is 0 Å². The lowest BCUT2D eigenvalue weighted by atomic mass is 10.1. The Morgan fingerprint density at radius 2 is 2.00 bits per heavy atom. The van der Waals surface area contributed by atoms with Gasteiger partial charge in [0.2, 0.25) is 5.90 Å². The second-order valence-corrected chi connectivity index (χ2v) is 8.23. The summed E-state index contributed by atoms with van der Waals surface area (Å²) in [5.41, 5.74) is 1.32. The predicted molar refractivity (Wildman–Crippen MR) is 85.9 cm³/mol. The molecular formula is C14H19N2O3PS. The van der Waals surface area contributed by atoms with Crippen LogP contribution in [0.5, 0.6) is 0 Å². The fourth-order valence-electron chi connectivity index (χ4n) is 2.39. The van der Waals surface area contributed by atoms with Crippen molar-refractivity contribution < 1.29 is 13.8 Å². The van der Waals surface area contributed by atoms with Gasteiger partial charge in [-0.05, 0) is 30.7 Å². The van der Waals surface area contributed by atoms with Gasteiger partial charge >= 0.3 is 6.64 Å². The van der Waals surface area contributed by atoms with Gasteiger partial charge in [0.25, 0.3) is 0 Å². The van der Waals surface area contributed by atoms with E-state index in [1.165, 1.54) is 5.56 Å². The third-order valence-corrected chi connectivity index (χ3v) is 5.92. The average molecular weight is 326 g/mol. The first-order chi connectivity index (χ1) is 10.1. The van der Waals surface area contributed by atoms with Crippen LogP contribution in [0.3, 0.4) is 0 Å². The minimum absolute atomic E-state index is 0.380. The lowest BCUT2D eigenvalue weighted by molar-refractivity contribution is 0.153. The van der Waals surface area contributed by atoms with E-state index in [0.717, 1.165) is 6.42 Å². The van der Waals surface area contributed by atoms with Crippen LogP contribution in [0.15, 0.2) is 35.1 Å². The van der Waals surface area contributed by atoms with Crippen LogP contribution in [0.1, 0.15) is 12.5 Å². The SMILES string of the molecule is C[C@H](Cc1ccccc1)N1COC(=NP2(=S)OCCO2)C1. The average Bonchev–Trinajstić information content (AvgIpc) is 3.10. The number of rotatable bonds is 4. The minimum atomic E-state index is -2.47. The van der Waals surface area contributed by atoms with Gasteiger partial charge in [0.05, 0.1) is 19.8 Å². The zero-order chi connectivity index (χ0) is 14.7. The van der Waals surface area contributed by atoms with E-state index in [0.29, 0.717) is 38.4 Å². The van der Waals surface area contributed by atoms with Crippen LogP contribution in [-0.4, -0.2) is 43.3 Å². The largest absolute Gasteiger partial charge is 0.464 e. The monoisotopic (exact) mass is 326 g/mol. The van der Waals surface area contributed by atoms with E-state index in [1.54, 1.807) is 0 Å². The zero-order valence-electron chi connectivity index (χ0n) is 12.0. The first-order valence-corrected chi connectivity index (χ1v) is 9.63. The maximum absolute atomic E-state index is 5.63. The molecule has 2 aliphatic heterocycles. The van der Waals surface area contributed by atoms with Gasteiger partial charge in [0.15, 0.2) is 0 Å². The molecule has 3 rings (SSSR count). The van der Waals surface area contributed by atoms with Gasteiger partial charge in [0, 0.05) is 6.04 Å². The highest BCUT2D eigenvalue weighted by Gasteiger charge is 2.30. The van der Waals surface area contributed by atoms with Gasteiger partial charge in [-0.2, -0.15) is 4.76 Å². The summed E-state index contributed by atoms with van der Waals surface area (Å²) < 4.78 is 20.8. The van der Waals surface area contributed by atoms with Crippen molar-refractivity contribution in [3.05, 3.63) is 35.9 Å². The third kappa shape index (κ3) is 3.90. The maximum atomic E-state index is 5.63. The second-order valence-electron chi connectivity index (χ2n) is 5.19. The molecule has 7 heteroatoms. The zero-order valence-corrected chi connectivity index (χ0v) is 13.7. The van der Waals surface area contributed by atoms with Crippen molar-refractivity contribution >= 4 is 24.3 Å². The molecular weight excluding hydrogens is 307 g/mol. The van der Waals surface area contributed by atoms with Crippen LogP contribution >= 0.6 is 6.64 Å². The third-order valence-electron chi connectivity index (χ3n) is 3.56. The molecule has 0 amide bonds. The van der Waals surface area contributed by atoms with Crippen LogP contribution in [-0.2, 0) is 32.0 Å². The standard InChI is InChI=1S/C14H19N2O3PS/c1-12(9-13-5-3-2-4-6-13)16-10-14(17-11-16)15-20(21)18-7-8-19-20/h2-6,12H,7-11H2,1H3/t12-/m1/s1. The number of ether oxygens (including phenoxy) is 1. The molecule has 0 radical (unpaired) electrons. The van der Waals surface area contributed by atoms with E-state index in [2.05, 4.69) is 40.9 Å².